The van der Waals surface area contributed by atoms with Crippen molar-refractivity contribution >= 4 is 0 Å². The van der Waals surface area contributed by atoms with Gasteiger partial charge in [0.1, 0.15) is 5.75 Å². The fourth-order valence-electron chi connectivity index (χ4n) is 2.31. The fraction of sp³-hybridized carbons (Fsp3) is 0.375. The Morgan fingerprint density at radius 1 is 1.21 bits per heavy atom. The summed E-state index contributed by atoms with van der Waals surface area (Å²) < 4.78 is 7.66. The van der Waals surface area contributed by atoms with Gasteiger partial charge in [0.05, 0.1) is 7.11 Å². The number of ether oxygens (including phenoxy) is 1. The Kier molecular flexibility index (Phi) is 4.63. The summed E-state index contributed by atoms with van der Waals surface area (Å²) in [5.74, 6) is 0.938. The first-order valence-electron chi connectivity index (χ1n) is 6.76. The molecular formula is C16H22N2O. The second-order valence-electron chi connectivity index (χ2n) is 4.63. The Balaban J connectivity index is 2.03. The zero-order valence-corrected chi connectivity index (χ0v) is 11.9. The number of hydrogen-bond acceptors (Lipinski definition) is 2. The van der Waals surface area contributed by atoms with Crippen molar-refractivity contribution in [3.63, 3.8) is 0 Å². The summed E-state index contributed by atoms with van der Waals surface area (Å²) >= 11 is 0. The van der Waals surface area contributed by atoms with E-state index in [1.807, 2.05) is 18.2 Å². The third kappa shape index (κ3) is 3.18. The molecule has 1 atom stereocenters. The van der Waals surface area contributed by atoms with Crippen molar-refractivity contribution in [1.29, 1.82) is 0 Å². The second-order valence-corrected chi connectivity index (χ2v) is 4.63. The first-order valence-corrected chi connectivity index (χ1v) is 6.76. The molecule has 1 aromatic heterocycles. The van der Waals surface area contributed by atoms with E-state index in [9.17, 15) is 0 Å². The maximum absolute atomic E-state index is 5.40. The van der Waals surface area contributed by atoms with Crippen LogP contribution in [0.3, 0.4) is 0 Å². The van der Waals surface area contributed by atoms with E-state index in [1.165, 1.54) is 11.3 Å². The van der Waals surface area contributed by atoms with E-state index < -0.39 is 0 Å². The quantitative estimate of drug-likeness (QED) is 0.859. The molecule has 1 heterocycles. The largest absolute Gasteiger partial charge is 0.496 e. The van der Waals surface area contributed by atoms with Crippen molar-refractivity contribution in [2.45, 2.75) is 33.0 Å². The second kappa shape index (κ2) is 6.43. The Bertz CT molecular complexity index is 519. The van der Waals surface area contributed by atoms with Crippen LogP contribution in [0.1, 0.15) is 31.1 Å². The number of hydrogen-bond donors (Lipinski definition) is 1. The molecule has 0 saturated heterocycles. The maximum atomic E-state index is 5.40. The summed E-state index contributed by atoms with van der Waals surface area (Å²) in [6.45, 7) is 6.19. The minimum atomic E-state index is 0.261. The number of aromatic nitrogens is 1. The van der Waals surface area contributed by atoms with Crippen LogP contribution in [0.4, 0.5) is 0 Å². The average Bonchev–Trinajstić information content (AvgIpc) is 2.92. The van der Waals surface area contributed by atoms with E-state index in [4.69, 9.17) is 4.74 Å². The summed E-state index contributed by atoms with van der Waals surface area (Å²) in [6, 6.07) is 12.7. The monoisotopic (exact) mass is 258 g/mol. The van der Waals surface area contributed by atoms with Gasteiger partial charge in [-0.05, 0) is 32.0 Å². The number of methoxy groups -OCH3 is 1. The van der Waals surface area contributed by atoms with Crippen LogP contribution in [0, 0.1) is 0 Å². The topological polar surface area (TPSA) is 26.2 Å². The molecule has 0 saturated carbocycles. The minimum Gasteiger partial charge on any atom is -0.496 e. The van der Waals surface area contributed by atoms with Gasteiger partial charge < -0.3 is 14.6 Å². The predicted molar refractivity (Wildman–Crippen MR) is 78.4 cm³/mol. The molecule has 102 valence electrons. The van der Waals surface area contributed by atoms with Gasteiger partial charge in [-0.25, -0.2) is 0 Å². The normalized spacial score (nSPS) is 12.4. The van der Waals surface area contributed by atoms with Crippen LogP contribution in [0.25, 0.3) is 0 Å². The molecule has 0 fully saturated rings. The van der Waals surface area contributed by atoms with Crippen LogP contribution in [-0.2, 0) is 13.1 Å². The van der Waals surface area contributed by atoms with Gasteiger partial charge in [-0.2, -0.15) is 0 Å². The molecule has 0 unspecified atom stereocenters. The van der Waals surface area contributed by atoms with Crippen molar-refractivity contribution in [2.75, 3.05) is 7.11 Å². The molecule has 1 aromatic carbocycles. The molecule has 0 radical (unpaired) electrons. The van der Waals surface area contributed by atoms with Crippen LogP contribution in [0.5, 0.6) is 5.75 Å². The SMILES string of the molecule is CCn1cccc1CN[C@@H](C)c1ccccc1OC. The van der Waals surface area contributed by atoms with Gasteiger partial charge >= 0.3 is 0 Å². The van der Waals surface area contributed by atoms with Crippen LogP contribution < -0.4 is 10.1 Å². The molecule has 0 bridgehead atoms. The van der Waals surface area contributed by atoms with Crippen LogP contribution in [-0.4, -0.2) is 11.7 Å². The van der Waals surface area contributed by atoms with Gasteiger partial charge in [0, 0.05) is 36.6 Å². The third-order valence-corrected chi connectivity index (χ3v) is 3.46. The van der Waals surface area contributed by atoms with Gasteiger partial charge in [0.15, 0.2) is 0 Å². The van der Waals surface area contributed by atoms with Gasteiger partial charge in [-0.3, -0.25) is 0 Å². The van der Waals surface area contributed by atoms with Crippen LogP contribution in [0.15, 0.2) is 42.6 Å². The molecule has 0 aliphatic carbocycles. The van der Waals surface area contributed by atoms with E-state index >= 15 is 0 Å². The summed E-state index contributed by atoms with van der Waals surface area (Å²) in [5, 5.41) is 3.55. The maximum Gasteiger partial charge on any atom is 0.123 e. The number of para-hydroxylation sites is 1. The van der Waals surface area contributed by atoms with Crippen molar-refractivity contribution < 1.29 is 4.74 Å². The molecule has 19 heavy (non-hydrogen) atoms. The molecule has 0 spiro atoms. The lowest BCUT2D eigenvalue weighted by Crippen LogP contribution is -2.20. The lowest BCUT2D eigenvalue weighted by molar-refractivity contribution is 0.401. The first kappa shape index (κ1) is 13.7. The summed E-state index contributed by atoms with van der Waals surface area (Å²) in [7, 11) is 1.72. The first-order chi connectivity index (χ1) is 9.26. The van der Waals surface area contributed by atoms with Crippen molar-refractivity contribution in [2.24, 2.45) is 0 Å². The van der Waals surface area contributed by atoms with Crippen LogP contribution in [0.2, 0.25) is 0 Å². The molecule has 2 rings (SSSR count). The number of rotatable bonds is 6. The van der Waals surface area contributed by atoms with Gasteiger partial charge in [0.25, 0.3) is 0 Å². The molecule has 3 nitrogen and oxygen atoms in total. The van der Waals surface area contributed by atoms with Crippen molar-refractivity contribution in [1.82, 2.24) is 9.88 Å². The molecule has 2 aromatic rings. The molecule has 1 N–H and O–H groups in total. The number of nitrogens with one attached hydrogen (secondary N) is 1. The highest BCUT2D eigenvalue weighted by molar-refractivity contribution is 5.35. The highest BCUT2D eigenvalue weighted by atomic mass is 16.5. The van der Waals surface area contributed by atoms with Crippen LogP contribution >= 0.6 is 0 Å². The molecule has 3 heteroatoms. The number of benzene rings is 1. The van der Waals surface area contributed by atoms with Gasteiger partial charge in [-0.15, -0.1) is 0 Å². The third-order valence-electron chi connectivity index (χ3n) is 3.46. The van der Waals surface area contributed by atoms with E-state index in [0.29, 0.717) is 0 Å². The molecule has 0 amide bonds. The zero-order valence-electron chi connectivity index (χ0n) is 11.9. The average molecular weight is 258 g/mol. The summed E-state index contributed by atoms with van der Waals surface area (Å²) in [6.07, 6.45) is 2.12. The fourth-order valence-corrected chi connectivity index (χ4v) is 2.31. The summed E-state index contributed by atoms with van der Waals surface area (Å²) in [4.78, 5) is 0. The highest BCUT2D eigenvalue weighted by Crippen LogP contribution is 2.24. The lowest BCUT2D eigenvalue weighted by Gasteiger charge is -2.17. The van der Waals surface area contributed by atoms with Gasteiger partial charge in [-0.1, -0.05) is 18.2 Å². The highest BCUT2D eigenvalue weighted by Gasteiger charge is 2.10. The minimum absolute atomic E-state index is 0.261. The number of nitrogens with zero attached hydrogens (tertiary/aromatic N) is 1. The lowest BCUT2D eigenvalue weighted by atomic mass is 10.1. The molecular weight excluding hydrogens is 236 g/mol. The Morgan fingerprint density at radius 3 is 2.74 bits per heavy atom. The molecule has 0 aliphatic rings. The Morgan fingerprint density at radius 2 is 2.00 bits per heavy atom. The van der Waals surface area contributed by atoms with Gasteiger partial charge in [0.2, 0.25) is 0 Å². The van der Waals surface area contributed by atoms with E-state index in [2.05, 4.69) is 48.1 Å². The summed E-state index contributed by atoms with van der Waals surface area (Å²) in [5.41, 5.74) is 2.50. The Hall–Kier alpha value is -1.74. The van der Waals surface area contributed by atoms with E-state index in [1.54, 1.807) is 7.11 Å². The zero-order chi connectivity index (χ0) is 13.7. The van der Waals surface area contributed by atoms with Crippen molar-refractivity contribution in [3.05, 3.63) is 53.9 Å². The smallest absolute Gasteiger partial charge is 0.123 e. The van der Waals surface area contributed by atoms with E-state index in [0.717, 1.165) is 18.8 Å². The van der Waals surface area contributed by atoms with Crippen molar-refractivity contribution in [3.8, 4) is 5.75 Å². The molecule has 0 aliphatic heterocycles. The predicted octanol–water partition coefficient (Wildman–Crippen LogP) is 3.37. The standard InChI is InChI=1S/C16H22N2O/c1-4-18-11-7-8-14(18)12-17-13(2)15-9-5-6-10-16(15)19-3/h5-11,13,17H,4,12H2,1-3H3/t13-/m0/s1. The Labute approximate surface area is 115 Å². The number of aryl methyl sites for hydroxylation is 1. The van der Waals surface area contributed by atoms with E-state index in [-0.39, 0.29) is 6.04 Å².